The van der Waals surface area contributed by atoms with Gasteiger partial charge in [-0.2, -0.15) is 11.8 Å². The van der Waals surface area contributed by atoms with Gasteiger partial charge in [-0.05, 0) is 6.42 Å². The number of hydrogen-bond donors (Lipinski definition) is 0. The summed E-state index contributed by atoms with van der Waals surface area (Å²) in [6.07, 6.45) is 3.16. The van der Waals surface area contributed by atoms with Gasteiger partial charge in [0.2, 0.25) is 0 Å². The Labute approximate surface area is 103 Å². The Hall–Kier alpha value is -0.220. The van der Waals surface area contributed by atoms with E-state index in [1.807, 2.05) is 11.8 Å². The lowest BCUT2D eigenvalue weighted by Gasteiger charge is -2.35. The van der Waals surface area contributed by atoms with Gasteiger partial charge in [0.05, 0.1) is 7.11 Å². The molecule has 2 atom stereocenters. The van der Waals surface area contributed by atoms with E-state index in [0.29, 0.717) is 5.25 Å². The molecule has 1 aliphatic heterocycles. The molecule has 94 valence electrons. The first kappa shape index (κ1) is 13.8. The lowest BCUT2D eigenvalue weighted by Crippen LogP contribution is -2.48. The molecule has 0 aliphatic carbocycles. The zero-order valence-electron chi connectivity index (χ0n) is 10.6. The highest BCUT2D eigenvalue weighted by Crippen LogP contribution is 2.22. The summed E-state index contributed by atoms with van der Waals surface area (Å²) in [5.74, 6) is 1.06. The quantitative estimate of drug-likeness (QED) is 0.694. The first-order chi connectivity index (χ1) is 7.69. The monoisotopic (exact) mass is 245 g/mol. The molecule has 0 aromatic rings. The fraction of sp³-hybridized carbons (Fsp3) is 0.917. The van der Waals surface area contributed by atoms with Gasteiger partial charge in [-0.15, -0.1) is 0 Å². The number of methoxy groups -OCH3 is 1. The van der Waals surface area contributed by atoms with E-state index in [2.05, 4.69) is 18.7 Å². The SMILES string of the molecule is CCCCC(C(=O)OC)N1CCSC(C)C1. The molecule has 0 N–H and O–H groups in total. The minimum absolute atomic E-state index is 0.0201. The van der Waals surface area contributed by atoms with Crippen LogP contribution in [0, 0.1) is 0 Å². The topological polar surface area (TPSA) is 29.5 Å². The maximum Gasteiger partial charge on any atom is 0.323 e. The predicted octanol–water partition coefficient (Wildman–Crippen LogP) is 2.16. The highest BCUT2D eigenvalue weighted by atomic mass is 32.2. The molecule has 1 heterocycles. The minimum atomic E-state index is -0.0625. The van der Waals surface area contributed by atoms with Crippen molar-refractivity contribution in [3.63, 3.8) is 0 Å². The van der Waals surface area contributed by atoms with Crippen LogP contribution in [0.1, 0.15) is 33.1 Å². The minimum Gasteiger partial charge on any atom is -0.468 e. The Balaban J connectivity index is 2.55. The smallest absolute Gasteiger partial charge is 0.323 e. The van der Waals surface area contributed by atoms with Gasteiger partial charge in [-0.1, -0.05) is 26.7 Å². The fourth-order valence-corrected chi connectivity index (χ4v) is 3.15. The Morgan fingerprint density at radius 3 is 2.94 bits per heavy atom. The van der Waals surface area contributed by atoms with Crippen LogP contribution in [0.15, 0.2) is 0 Å². The van der Waals surface area contributed by atoms with E-state index >= 15 is 0 Å². The van der Waals surface area contributed by atoms with Crippen LogP contribution in [0.25, 0.3) is 0 Å². The van der Waals surface area contributed by atoms with Gasteiger partial charge in [0, 0.05) is 24.1 Å². The molecule has 0 amide bonds. The summed E-state index contributed by atoms with van der Waals surface area (Å²) < 4.78 is 4.91. The fourth-order valence-electron chi connectivity index (χ4n) is 2.11. The molecule has 0 radical (unpaired) electrons. The zero-order valence-corrected chi connectivity index (χ0v) is 11.4. The van der Waals surface area contributed by atoms with Gasteiger partial charge >= 0.3 is 5.97 Å². The summed E-state index contributed by atoms with van der Waals surface area (Å²) in [7, 11) is 1.49. The van der Waals surface area contributed by atoms with Crippen molar-refractivity contribution < 1.29 is 9.53 Å². The highest BCUT2D eigenvalue weighted by molar-refractivity contribution is 7.99. The molecule has 0 saturated carbocycles. The summed E-state index contributed by atoms with van der Waals surface area (Å²) in [5, 5.41) is 0.627. The summed E-state index contributed by atoms with van der Waals surface area (Å²) in [6, 6.07) is -0.0201. The molecule has 1 fully saturated rings. The largest absolute Gasteiger partial charge is 0.468 e. The van der Waals surface area contributed by atoms with Crippen molar-refractivity contribution in [3.05, 3.63) is 0 Å². The number of rotatable bonds is 5. The second-order valence-corrected chi connectivity index (χ2v) is 5.90. The Morgan fingerprint density at radius 1 is 1.62 bits per heavy atom. The molecule has 3 nitrogen and oxygen atoms in total. The van der Waals surface area contributed by atoms with Gasteiger partial charge in [0.15, 0.2) is 0 Å². The summed E-state index contributed by atoms with van der Waals surface area (Å²) in [4.78, 5) is 14.0. The summed E-state index contributed by atoms with van der Waals surface area (Å²) >= 11 is 1.99. The highest BCUT2D eigenvalue weighted by Gasteiger charge is 2.29. The van der Waals surface area contributed by atoms with Crippen LogP contribution < -0.4 is 0 Å². The lowest BCUT2D eigenvalue weighted by molar-refractivity contribution is -0.147. The van der Waals surface area contributed by atoms with Crippen molar-refractivity contribution in [2.75, 3.05) is 26.0 Å². The number of carbonyl (C=O) groups is 1. The molecule has 0 aromatic carbocycles. The van der Waals surface area contributed by atoms with Crippen LogP contribution in [-0.2, 0) is 9.53 Å². The number of unbranched alkanes of at least 4 members (excludes halogenated alkanes) is 1. The predicted molar refractivity (Wildman–Crippen MR) is 68.8 cm³/mol. The van der Waals surface area contributed by atoms with Crippen molar-refractivity contribution in [2.24, 2.45) is 0 Å². The summed E-state index contributed by atoms with van der Waals surface area (Å²) in [6.45, 7) is 6.40. The second kappa shape index (κ2) is 7.17. The first-order valence-electron chi connectivity index (χ1n) is 6.12. The van der Waals surface area contributed by atoms with E-state index in [1.54, 1.807) is 0 Å². The van der Waals surface area contributed by atoms with Crippen molar-refractivity contribution in [1.29, 1.82) is 0 Å². The Kier molecular flexibility index (Phi) is 6.21. The Bertz CT molecular complexity index is 223. The third kappa shape index (κ3) is 3.98. The van der Waals surface area contributed by atoms with Gasteiger partial charge in [0.25, 0.3) is 0 Å². The molecule has 16 heavy (non-hydrogen) atoms. The molecule has 1 aliphatic rings. The first-order valence-corrected chi connectivity index (χ1v) is 7.17. The third-order valence-electron chi connectivity index (χ3n) is 3.02. The van der Waals surface area contributed by atoms with Crippen molar-refractivity contribution in [1.82, 2.24) is 4.90 Å². The van der Waals surface area contributed by atoms with Gasteiger partial charge in [-0.25, -0.2) is 0 Å². The second-order valence-electron chi connectivity index (χ2n) is 4.36. The molecule has 0 bridgehead atoms. The maximum absolute atomic E-state index is 11.8. The zero-order chi connectivity index (χ0) is 12.0. The van der Waals surface area contributed by atoms with Crippen LogP contribution in [0.4, 0.5) is 0 Å². The van der Waals surface area contributed by atoms with Crippen molar-refractivity contribution in [3.8, 4) is 0 Å². The number of nitrogens with zero attached hydrogens (tertiary/aromatic N) is 1. The van der Waals surface area contributed by atoms with Crippen molar-refractivity contribution in [2.45, 2.75) is 44.4 Å². The Morgan fingerprint density at radius 2 is 2.38 bits per heavy atom. The molecular formula is C12H23NO2S. The standard InChI is InChI=1S/C12H23NO2S/c1-4-5-6-11(12(14)15-3)13-7-8-16-10(2)9-13/h10-11H,4-9H2,1-3H3. The lowest BCUT2D eigenvalue weighted by atomic mass is 10.1. The van der Waals surface area contributed by atoms with Crippen LogP contribution in [0.3, 0.4) is 0 Å². The van der Waals surface area contributed by atoms with Gasteiger partial charge in [-0.3, -0.25) is 9.69 Å². The normalized spacial score (nSPS) is 24.1. The molecule has 0 spiro atoms. The number of ether oxygens (including phenoxy) is 1. The van der Waals surface area contributed by atoms with Crippen LogP contribution in [0.5, 0.6) is 0 Å². The van der Waals surface area contributed by atoms with E-state index in [0.717, 1.165) is 38.1 Å². The number of hydrogen-bond acceptors (Lipinski definition) is 4. The molecule has 1 rings (SSSR count). The van der Waals surface area contributed by atoms with E-state index in [9.17, 15) is 4.79 Å². The van der Waals surface area contributed by atoms with Gasteiger partial charge < -0.3 is 4.74 Å². The average molecular weight is 245 g/mol. The van der Waals surface area contributed by atoms with Crippen LogP contribution >= 0.6 is 11.8 Å². The summed E-state index contributed by atoms with van der Waals surface area (Å²) in [5.41, 5.74) is 0. The number of thioether (sulfide) groups is 1. The molecular weight excluding hydrogens is 222 g/mol. The van der Waals surface area contributed by atoms with Crippen LogP contribution in [0.2, 0.25) is 0 Å². The third-order valence-corrected chi connectivity index (χ3v) is 4.15. The van der Waals surface area contributed by atoms with Crippen LogP contribution in [-0.4, -0.2) is 48.1 Å². The number of carbonyl (C=O) groups excluding carboxylic acids is 1. The van der Waals surface area contributed by atoms with E-state index in [1.165, 1.54) is 7.11 Å². The maximum atomic E-state index is 11.8. The van der Waals surface area contributed by atoms with Gasteiger partial charge in [0.1, 0.15) is 6.04 Å². The van der Waals surface area contributed by atoms with Crippen molar-refractivity contribution >= 4 is 17.7 Å². The molecule has 4 heteroatoms. The molecule has 0 aromatic heterocycles. The van der Waals surface area contributed by atoms with E-state index in [-0.39, 0.29) is 12.0 Å². The van der Waals surface area contributed by atoms with E-state index < -0.39 is 0 Å². The van der Waals surface area contributed by atoms with E-state index in [4.69, 9.17) is 4.74 Å². The molecule has 2 unspecified atom stereocenters. The number of esters is 1. The molecule has 1 saturated heterocycles. The average Bonchev–Trinajstić information content (AvgIpc) is 2.29.